The molecular formula is C58H44N2S. The maximum Gasteiger partial charge on any atom is 0.0493 e. The second kappa shape index (κ2) is 14.8. The third-order valence-corrected chi connectivity index (χ3v) is 13.9. The van der Waals surface area contributed by atoms with Gasteiger partial charge in [0.2, 0.25) is 0 Å². The van der Waals surface area contributed by atoms with Gasteiger partial charge in [0.15, 0.2) is 0 Å². The number of hydrogen-bond acceptors (Lipinski definition) is 3. The summed E-state index contributed by atoms with van der Waals surface area (Å²) < 4.78 is 2.65. The van der Waals surface area contributed by atoms with Crippen LogP contribution in [-0.2, 0) is 5.41 Å². The van der Waals surface area contributed by atoms with E-state index in [-0.39, 0.29) is 5.41 Å². The minimum Gasteiger partial charge on any atom is -0.337 e. The van der Waals surface area contributed by atoms with E-state index in [0.29, 0.717) is 0 Å². The molecule has 0 saturated heterocycles. The highest BCUT2D eigenvalue weighted by molar-refractivity contribution is 7.26. The molecule has 0 unspecified atom stereocenters. The Morgan fingerprint density at radius 2 is 1.18 bits per heavy atom. The molecule has 8 aromatic carbocycles. The van der Waals surface area contributed by atoms with Crippen LogP contribution >= 0.6 is 11.3 Å². The standard InChI is InChI=1S/C58H44N2S/c1-39-15-6-5-13-36-59(43-16-7-4-8-17-43)55-35-28-42(37-52(39)55)40-24-29-44(30-25-40)60(46-33-34-49-48-18-9-11-22-53(48)58(2,3)54(49)38-46)45-31-26-41(27-32-45)47-20-14-21-51-50-19-10-12-23-56(50)61-57(47)51/h4-35,37-38H,1,36H2,2-3H3/b13-5-,15-6-. The van der Waals surface area contributed by atoms with Crippen LogP contribution < -0.4 is 9.80 Å². The largest absolute Gasteiger partial charge is 0.337 e. The molecule has 1 aromatic heterocycles. The minimum absolute atomic E-state index is 0.112. The van der Waals surface area contributed by atoms with Gasteiger partial charge in [-0.15, -0.1) is 11.3 Å². The van der Waals surface area contributed by atoms with Gasteiger partial charge in [-0.3, -0.25) is 0 Å². The van der Waals surface area contributed by atoms with Gasteiger partial charge >= 0.3 is 0 Å². The molecule has 3 heteroatoms. The van der Waals surface area contributed by atoms with E-state index >= 15 is 0 Å². The summed E-state index contributed by atoms with van der Waals surface area (Å²) in [6.45, 7) is 9.99. The number of anilines is 5. The topological polar surface area (TPSA) is 6.48 Å². The molecule has 61 heavy (non-hydrogen) atoms. The van der Waals surface area contributed by atoms with Crippen LogP contribution in [0.2, 0.25) is 0 Å². The molecule has 0 atom stereocenters. The zero-order chi connectivity index (χ0) is 41.1. The summed E-state index contributed by atoms with van der Waals surface area (Å²) in [7, 11) is 0. The summed E-state index contributed by atoms with van der Waals surface area (Å²) in [6.07, 6.45) is 8.51. The van der Waals surface area contributed by atoms with E-state index < -0.39 is 0 Å². The molecule has 0 spiro atoms. The number of benzene rings is 8. The fourth-order valence-corrected chi connectivity index (χ4v) is 10.7. The quantitative estimate of drug-likeness (QED) is 0.165. The minimum atomic E-state index is -0.112. The molecule has 2 nitrogen and oxygen atoms in total. The Bertz CT molecular complexity index is 3200. The molecule has 0 bridgehead atoms. The predicted molar refractivity (Wildman–Crippen MR) is 263 cm³/mol. The van der Waals surface area contributed by atoms with Gasteiger partial charge in [0, 0.05) is 66.1 Å². The Morgan fingerprint density at radius 1 is 0.525 bits per heavy atom. The lowest BCUT2D eigenvalue weighted by molar-refractivity contribution is 0.660. The molecule has 0 N–H and O–H groups in total. The SMILES string of the molecule is C=C1/C=C\C=C/CN(c2ccccc2)c2ccc(-c3ccc(N(c4ccc(-c5cccc6c5sc5ccccc56)cc4)c4ccc5c(c4)C(C)(C)c4ccccc4-5)cc3)cc21. The molecule has 0 saturated carbocycles. The highest BCUT2D eigenvalue weighted by atomic mass is 32.1. The summed E-state index contributed by atoms with van der Waals surface area (Å²) >= 11 is 1.88. The van der Waals surface area contributed by atoms with Crippen LogP contribution in [0.5, 0.6) is 0 Å². The first-order valence-electron chi connectivity index (χ1n) is 21.1. The van der Waals surface area contributed by atoms with Gasteiger partial charge in [0.05, 0.1) is 0 Å². The highest BCUT2D eigenvalue weighted by Crippen LogP contribution is 2.51. The first kappa shape index (κ1) is 36.8. The average molecular weight is 801 g/mol. The maximum absolute atomic E-state index is 4.51. The van der Waals surface area contributed by atoms with Crippen molar-refractivity contribution in [2.24, 2.45) is 0 Å². The van der Waals surface area contributed by atoms with E-state index in [1.807, 2.05) is 11.3 Å². The number of fused-ring (bicyclic) bond motifs is 7. The number of nitrogens with zero attached hydrogens (tertiary/aromatic N) is 2. The van der Waals surface area contributed by atoms with E-state index in [1.165, 1.54) is 53.6 Å². The Balaban J connectivity index is 0.996. The Hall–Kier alpha value is -7.20. The van der Waals surface area contributed by atoms with Gasteiger partial charge in [0.25, 0.3) is 0 Å². The van der Waals surface area contributed by atoms with E-state index in [2.05, 4.69) is 237 Å². The van der Waals surface area contributed by atoms with Crippen LogP contribution in [0.1, 0.15) is 30.5 Å². The zero-order valence-electron chi connectivity index (χ0n) is 34.3. The maximum atomic E-state index is 4.51. The van der Waals surface area contributed by atoms with Crippen molar-refractivity contribution in [1.82, 2.24) is 0 Å². The molecule has 2 aliphatic rings. The van der Waals surface area contributed by atoms with Gasteiger partial charge < -0.3 is 9.80 Å². The van der Waals surface area contributed by atoms with Crippen LogP contribution in [-0.4, -0.2) is 6.54 Å². The van der Waals surface area contributed by atoms with Gasteiger partial charge in [-0.05, 0) is 117 Å². The summed E-state index contributed by atoms with van der Waals surface area (Å²) in [5.41, 5.74) is 17.8. The number of thiophene rings is 1. The third kappa shape index (κ3) is 6.32. The molecule has 1 aliphatic carbocycles. The summed E-state index contributed by atoms with van der Waals surface area (Å²) in [5.74, 6) is 0. The third-order valence-electron chi connectivity index (χ3n) is 12.7. The van der Waals surface area contributed by atoms with Crippen molar-refractivity contribution in [3.63, 3.8) is 0 Å². The Morgan fingerprint density at radius 3 is 2.00 bits per heavy atom. The lowest BCUT2D eigenvalue weighted by Crippen LogP contribution is -2.18. The van der Waals surface area contributed by atoms with Crippen LogP contribution in [0.4, 0.5) is 28.4 Å². The number of rotatable bonds is 6. The summed E-state index contributed by atoms with van der Waals surface area (Å²) in [6, 6.07) is 67.0. The lowest BCUT2D eigenvalue weighted by Gasteiger charge is -2.28. The fraction of sp³-hybridized carbons (Fsp3) is 0.0690. The van der Waals surface area contributed by atoms with Crippen LogP contribution in [0.3, 0.4) is 0 Å². The van der Waals surface area contributed by atoms with Crippen molar-refractivity contribution in [2.75, 3.05) is 16.3 Å². The predicted octanol–water partition coefficient (Wildman–Crippen LogP) is 16.4. The zero-order valence-corrected chi connectivity index (χ0v) is 35.2. The molecular weight excluding hydrogens is 757 g/mol. The van der Waals surface area contributed by atoms with Gasteiger partial charge in [-0.25, -0.2) is 0 Å². The fourth-order valence-electron chi connectivity index (χ4n) is 9.51. The summed E-state index contributed by atoms with van der Waals surface area (Å²) in [5, 5.41) is 2.64. The van der Waals surface area contributed by atoms with Crippen molar-refractivity contribution in [2.45, 2.75) is 19.3 Å². The van der Waals surface area contributed by atoms with Gasteiger partial charge in [-0.2, -0.15) is 0 Å². The molecule has 0 amide bonds. The first-order chi connectivity index (χ1) is 29.9. The molecule has 2 heterocycles. The Labute approximate surface area is 362 Å². The lowest BCUT2D eigenvalue weighted by atomic mass is 9.82. The number of para-hydroxylation sites is 1. The van der Waals surface area contributed by atoms with E-state index in [9.17, 15) is 0 Å². The van der Waals surface area contributed by atoms with E-state index in [0.717, 1.165) is 57.2 Å². The normalized spacial score (nSPS) is 15.0. The number of hydrogen-bond donors (Lipinski definition) is 0. The molecule has 11 rings (SSSR count). The Kier molecular flexibility index (Phi) is 8.95. The molecule has 292 valence electrons. The van der Waals surface area contributed by atoms with E-state index in [1.54, 1.807) is 0 Å². The van der Waals surface area contributed by atoms with Crippen molar-refractivity contribution in [3.05, 3.63) is 230 Å². The van der Waals surface area contributed by atoms with Crippen molar-refractivity contribution in [1.29, 1.82) is 0 Å². The number of allylic oxidation sites excluding steroid dienone is 4. The smallest absolute Gasteiger partial charge is 0.0493 e. The van der Waals surface area contributed by atoms with Crippen LogP contribution in [0, 0.1) is 0 Å². The first-order valence-corrected chi connectivity index (χ1v) is 21.9. The second-order valence-electron chi connectivity index (χ2n) is 16.6. The van der Waals surface area contributed by atoms with Gasteiger partial charge in [-0.1, -0.05) is 160 Å². The van der Waals surface area contributed by atoms with Crippen LogP contribution in [0.25, 0.3) is 59.1 Å². The average Bonchev–Trinajstić information content (AvgIpc) is 3.82. The molecule has 9 aromatic rings. The highest BCUT2D eigenvalue weighted by Gasteiger charge is 2.35. The molecule has 0 radical (unpaired) electrons. The van der Waals surface area contributed by atoms with Crippen LogP contribution in [0.15, 0.2) is 213 Å². The van der Waals surface area contributed by atoms with Crippen molar-refractivity contribution < 1.29 is 0 Å². The van der Waals surface area contributed by atoms with Crippen molar-refractivity contribution in [3.8, 4) is 33.4 Å². The van der Waals surface area contributed by atoms with Crippen molar-refractivity contribution >= 4 is 65.5 Å². The molecule has 1 aliphatic heterocycles. The summed E-state index contributed by atoms with van der Waals surface area (Å²) in [4.78, 5) is 4.77. The van der Waals surface area contributed by atoms with Gasteiger partial charge in [0.1, 0.15) is 0 Å². The second-order valence-corrected chi connectivity index (χ2v) is 17.7. The molecule has 0 fully saturated rings. The van der Waals surface area contributed by atoms with E-state index in [4.69, 9.17) is 0 Å². The monoisotopic (exact) mass is 800 g/mol.